The summed E-state index contributed by atoms with van der Waals surface area (Å²) in [7, 11) is 2.25. The zero-order valence-corrected chi connectivity index (χ0v) is 15.3. The van der Waals surface area contributed by atoms with Gasteiger partial charge in [-0.25, -0.2) is 0 Å². The number of likely N-dealkylation sites (tertiary alicyclic amines) is 1. The molecule has 1 aromatic heterocycles. The van der Waals surface area contributed by atoms with Crippen molar-refractivity contribution in [3.8, 4) is 0 Å². The number of hydrogen-bond donors (Lipinski definition) is 1. The van der Waals surface area contributed by atoms with E-state index >= 15 is 0 Å². The minimum atomic E-state index is 0.214. The largest absolute Gasteiger partial charge is 0.497 e. The predicted molar refractivity (Wildman–Crippen MR) is 102 cm³/mol. The monoisotopic (exact) mass is 350 g/mol. The Morgan fingerprint density at radius 3 is 3.12 bits per heavy atom. The fraction of sp³-hybridized carbons (Fsp3) is 0.500. The van der Waals surface area contributed by atoms with Gasteiger partial charge >= 0.3 is 0 Å². The molecule has 5 rings (SSSR count). The molecule has 2 heterocycles. The van der Waals surface area contributed by atoms with E-state index in [2.05, 4.69) is 41.3 Å². The molecule has 1 N–H and O–H groups in total. The number of carbonyl (C=O) groups excluding carboxylic acids is 1. The standard InChI is InChI=1S/C22H26N2O2/c1-24-12-14(13-26-17-5-2-4-16(25)10-17)8-19-18-6-3-7-20-22(18)15(11-23-20)9-21(19)24/h3,6-7,10-11,14,19,21,23H,2,4-5,8-9,12-13H2,1H3/t14?,19?,21-/m1/s1. The van der Waals surface area contributed by atoms with E-state index in [0.717, 1.165) is 38.2 Å². The molecule has 1 saturated heterocycles. The van der Waals surface area contributed by atoms with E-state index in [9.17, 15) is 4.79 Å². The van der Waals surface area contributed by atoms with E-state index in [1.165, 1.54) is 28.5 Å². The number of carbonyl (C=O) groups is 1. The number of nitrogens with zero attached hydrogens (tertiary/aromatic N) is 1. The number of ether oxygens (including phenoxy) is 1. The van der Waals surface area contributed by atoms with Crippen LogP contribution in [-0.2, 0) is 16.0 Å². The first-order chi connectivity index (χ1) is 12.7. The topological polar surface area (TPSA) is 45.3 Å². The van der Waals surface area contributed by atoms with Crippen LogP contribution in [0.5, 0.6) is 0 Å². The van der Waals surface area contributed by atoms with Crippen molar-refractivity contribution in [1.29, 1.82) is 0 Å². The first kappa shape index (κ1) is 16.1. The molecule has 4 heteroatoms. The van der Waals surface area contributed by atoms with Crippen molar-refractivity contribution >= 4 is 16.7 Å². The van der Waals surface area contributed by atoms with Gasteiger partial charge in [0.15, 0.2) is 5.78 Å². The third-order valence-corrected chi connectivity index (χ3v) is 6.49. The Bertz CT molecular complexity index is 881. The summed E-state index contributed by atoms with van der Waals surface area (Å²) in [5, 5.41) is 1.45. The number of nitrogens with one attached hydrogen (secondary N) is 1. The summed E-state index contributed by atoms with van der Waals surface area (Å²) in [5.41, 5.74) is 4.23. The van der Waals surface area contributed by atoms with Crippen LogP contribution in [0.15, 0.2) is 36.2 Å². The van der Waals surface area contributed by atoms with Gasteiger partial charge in [0.1, 0.15) is 0 Å². The Morgan fingerprint density at radius 2 is 2.23 bits per heavy atom. The van der Waals surface area contributed by atoms with E-state index in [-0.39, 0.29) is 5.78 Å². The fourth-order valence-electron chi connectivity index (χ4n) is 5.27. The van der Waals surface area contributed by atoms with Crippen LogP contribution in [0.4, 0.5) is 0 Å². The summed E-state index contributed by atoms with van der Waals surface area (Å²) in [6.07, 6.45) is 8.72. The first-order valence-electron chi connectivity index (χ1n) is 9.84. The third kappa shape index (κ3) is 2.67. The second-order valence-electron chi connectivity index (χ2n) is 8.24. The summed E-state index contributed by atoms with van der Waals surface area (Å²) in [4.78, 5) is 17.6. The zero-order chi connectivity index (χ0) is 17.7. The molecule has 0 radical (unpaired) electrons. The van der Waals surface area contributed by atoms with Gasteiger partial charge < -0.3 is 14.6 Å². The molecule has 1 fully saturated rings. The second kappa shape index (κ2) is 6.27. The third-order valence-electron chi connectivity index (χ3n) is 6.49. The van der Waals surface area contributed by atoms with Gasteiger partial charge in [0.05, 0.1) is 12.4 Å². The van der Waals surface area contributed by atoms with E-state index in [0.29, 0.717) is 24.3 Å². The van der Waals surface area contributed by atoms with Gasteiger partial charge in [-0.15, -0.1) is 0 Å². The molecule has 2 aromatic rings. The minimum absolute atomic E-state index is 0.214. The highest BCUT2D eigenvalue weighted by Gasteiger charge is 2.39. The van der Waals surface area contributed by atoms with Crippen LogP contribution in [-0.4, -0.2) is 41.9 Å². The average molecular weight is 350 g/mol. The molecule has 0 spiro atoms. The number of rotatable bonds is 3. The summed E-state index contributed by atoms with van der Waals surface area (Å²) in [5.74, 6) is 2.18. The lowest BCUT2D eigenvalue weighted by atomic mass is 9.72. The Hall–Kier alpha value is -2.07. The van der Waals surface area contributed by atoms with Crippen molar-refractivity contribution < 1.29 is 9.53 Å². The number of ketones is 1. The number of piperidine rings is 1. The molecule has 1 aliphatic heterocycles. The van der Waals surface area contributed by atoms with Crippen LogP contribution >= 0.6 is 0 Å². The summed E-state index contributed by atoms with van der Waals surface area (Å²) in [6.45, 7) is 1.79. The Labute approximate surface area is 154 Å². The molecule has 0 amide bonds. The van der Waals surface area contributed by atoms with E-state index in [4.69, 9.17) is 4.74 Å². The Kier molecular flexibility index (Phi) is 3.89. The molecular weight excluding hydrogens is 324 g/mol. The molecule has 0 saturated carbocycles. The number of aromatic amines is 1. The van der Waals surface area contributed by atoms with Crippen molar-refractivity contribution in [2.75, 3.05) is 20.2 Å². The number of benzene rings is 1. The van der Waals surface area contributed by atoms with Crippen LogP contribution in [0.3, 0.4) is 0 Å². The van der Waals surface area contributed by atoms with Gasteiger partial charge in [-0.3, -0.25) is 4.79 Å². The van der Waals surface area contributed by atoms with E-state index < -0.39 is 0 Å². The molecule has 3 atom stereocenters. The minimum Gasteiger partial charge on any atom is -0.497 e. The number of likely N-dealkylation sites (N-methyl/N-ethyl adjacent to an activating group) is 1. The lowest BCUT2D eigenvalue weighted by Gasteiger charge is -2.45. The van der Waals surface area contributed by atoms with Gasteiger partial charge in [-0.1, -0.05) is 12.1 Å². The van der Waals surface area contributed by atoms with Gasteiger partial charge in [-0.05, 0) is 43.5 Å². The van der Waals surface area contributed by atoms with Gasteiger partial charge in [0.25, 0.3) is 0 Å². The summed E-state index contributed by atoms with van der Waals surface area (Å²) in [6, 6.07) is 7.26. The second-order valence-corrected chi connectivity index (χ2v) is 8.24. The lowest BCUT2D eigenvalue weighted by Crippen LogP contribution is -2.48. The molecule has 26 heavy (non-hydrogen) atoms. The molecule has 4 nitrogen and oxygen atoms in total. The van der Waals surface area contributed by atoms with Gasteiger partial charge in [0, 0.05) is 60.4 Å². The van der Waals surface area contributed by atoms with Crippen molar-refractivity contribution in [2.24, 2.45) is 5.92 Å². The van der Waals surface area contributed by atoms with Crippen molar-refractivity contribution in [3.63, 3.8) is 0 Å². The van der Waals surface area contributed by atoms with Crippen molar-refractivity contribution in [2.45, 2.75) is 44.1 Å². The molecule has 2 unspecified atom stereocenters. The predicted octanol–water partition coefficient (Wildman–Crippen LogP) is 3.78. The van der Waals surface area contributed by atoms with E-state index in [1.54, 1.807) is 6.08 Å². The number of aromatic nitrogens is 1. The average Bonchev–Trinajstić information content (AvgIpc) is 3.06. The quantitative estimate of drug-likeness (QED) is 0.916. The lowest BCUT2D eigenvalue weighted by molar-refractivity contribution is -0.115. The number of allylic oxidation sites excluding steroid dienone is 2. The Morgan fingerprint density at radius 1 is 1.31 bits per heavy atom. The van der Waals surface area contributed by atoms with Gasteiger partial charge in [-0.2, -0.15) is 0 Å². The van der Waals surface area contributed by atoms with Crippen molar-refractivity contribution in [1.82, 2.24) is 9.88 Å². The highest BCUT2D eigenvalue weighted by Crippen LogP contribution is 2.44. The Balaban J connectivity index is 1.37. The van der Waals surface area contributed by atoms with Crippen LogP contribution < -0.4 is 0 Å². The summed E-state index contributed by atoms with van der Waals surface area (Å²) < 4.78 is 6.06. The summed E-state index contributed by atoms with van der Waals surface area (Å²) >= 11 is 0. The number of H-pyrrole nitrogens is 1. The molecule has 1 aromatic carbocycles. The zero-order valence-electron chi connectivity index (χ0n) is 15.3. The molecule has 0 bridgehead atoms. The smallest absolute Gasteiger partial charge is 0.159 e. The molecular formula is C22H26N2O2. The normalized spacial score (nSPS) is 28.7. The maximum absolute atomic E-state index is 11.6. The first-order valence-corrected chi connectivity index (χ1v) is 9.84. The van der Waals surface area contributed by atoms with Crippen LogP contribution in [0, 0.1) is 5.92 Å². The van der Waals surface area contributed by atoms with Crippen molar-refractivity contribution in [3.05, 3.63) is 47.4 Å². The maximum Gasteiger partial charge on any atom is 0.159 e. The highest BCUT2D eigenvalue weighted by molar-refractivity contribution is 5.90. The van der Waals surface area contributed by atoms with Crippen LogP contribution in [0.1, 0.15) is 42.7 Å². The maximum atomic E-state index is 11.6. The molecule has 136 valence electrons. The van der Waals surface area contributed by atoms with Crippen LogP contribution in [0.2, 0.25) is 0 Å². The number of fused-ring (bicyclic) bond motifs is 2. The van der Waals surface area contributed by atoms with Crippen LogP contribution in [0.25, 0.3) is 10.9 Å². The highest BCUT2D eigenvalue weighted by atomic mass is 16.5. The van der Waals surface area contributed by atoms with E-state index in [1.807, 2.05) is 0 Å². The number of hydrogen-bond acceptors (Lipinski definition) is 3. The SMILES string of the molecule is CN1CC(COC2=CC(=O)CCC2)CC2c3cccc4[nH]cc(c34)C[C@H]21. The molecule has 2 aliphatic carbocycles. The van der Waals surface area contributed by atoms with Gasteiger partial charge in [0.2, 0.25) is 0 Å². The fourth-order valence-corrected chi connectivity index (χ4v) is 5.27. The molecule has 3 aliphatic rings.